The Bertz CT molecular complexity index is 1520. The van der Waals surface area contributed by atoms with E-state index in [4.69, 9.17) is 9.72 Å². The predicted octanol–water partition coefficient (Wildman–Crippen LogP) is 3.33. The number of imidazole rings is 1. The molecule has 2 aromatic carbocycles. The molecule has 0 atom stereocenters. The molecule has 1 aliphatic rings. The molecule has 5 aromatic rings. The van der Waals surface area contributed by atoms with E-state index in [-0.39, 0.29) is 5.56 Å². The van der Waals surface area contributed by atoms with Crippen LogP contribution in [0.5, 0.6) is 0 Å². The Hall–Kier alpha value is -3.88. The Balaban J connectivity index is 1.31. The highest BCUT2D eigenvalue weighted by Crippen LogP contribution is 2.27. The lowest BCUT2D eigenvalue weighted by molar-refractivity contribution is 0.0362. The zero-order valence-corrected chi connectivity index (χ0v) is 18.6. The molecule has 8 nitrogen and oxygen atoms in total. The highest BCUT2D eigenvalue weighted by molar-refractivity contribution is 5.88. The summed E-state index contributed by atoms with van der Waals surface area (Å²) in [4.78, 5) is 32.2. The van der Waals surface area contributed by atoms with Crippen LogP contribution in [0.3, 0.4) is 0 Å². The van der Waals surface area contributed by atoms with Crippen molar-refractivity contribution < 1.29 is 4.74 Å². The van der Waals surface area contributed by atoms with Gasteiger partial charge >= 0.3 is 0 Å². The molecule has 0 saturated carbocycles. The van der Waals surface area contributed by atoms with Crippen LogP contribution in [-0.2, 0) is 11.3 Å². The van der Waals surface area contributed by atoms with Crippen molar-refractivity contribution in [2.24, 2.45) is 0 Å². The minimum Gasteiger partial charge on any atom is -0.379 e. The number of nitrogens with one attached hydrogen (secondary N) is 1. The van der Waals surface area contributed by atoms with Crippen LogP contribution in [-0.4, -0.2) is 62.3 Å². The molecule has 6 rings (SSSR count). The molecular weight excluding hydrogens is 428 g/mol. The van der Waals surface area contributed by atoms with Gasteiger partial charge in [0.05, 0.1) is 41.5 Å². The summed E-state index contributed by atoms with van der Waals surface area (Å²) in [5.41, 5.74) is 5.51. The molecule has 8 heteroatoms. The third-order valence-corrected chi connectivity index (χ3v) is 6.35. The first-order valence-electron chi connectivity index (χ1n) is 11.4. The van der Waals surface area contributed by atoms with Crippen molar-refractivity contribution in [3.63, 3.8) is 0 Å². The lowest BCUT2D eigenvalue weighted by Gasteiger charge is -2.26. The van der Waals surface area contributed by atoms with E-state index in [1.807, 2.05) is 42.5 Å². The number of ether oxygens (including phenoxy) is 1. The number of hydrogen-bond acceptors (Lipinski definition) is 6. The lowest BCUT2D eigenvalue weighted by atomic mass is 10.0. The van der Waals surface area contributed by atoms with Crippen molar-refractivity contribution in [1.29, 1.82) is 0 Å². The second kappa shape index (κ2) is 8.81. The smallest absolute Gasteiger partial charge is 0.261 e. The number of benzene rings is 2. The van der Waals surface area contributed by atoms with E-state index < -0.39 is 0 Å². The largest absolute Gasteiger partial charge is 0.379 e. The molecule has 1 fully saturated rings. The normalized spacial score (nSPS) is 14.7. The number of H-pyrrole nitrogens is 1. The molecule has 4 heterocycles. The van der Waals surface area contributed by atoms with E-state index in [9.17, 15) is 4.79 Å². The quantitative estimate of drug-likeness (QED) is 0.440. The van der Waals surface area contributed by atoms with Gasteiger partial charge in [0.15, 0.2) is 0 Å². The molecule has 0 spiro atoms. The van der Waals surface area contributed by atoms with Crippen molar-refractivity contribution in [2.45, 2.75) is 6.54 Å². The van der Waals surface area contributed by atoms with Gasteiger partial charge in [0, 0.05) is 44.1 Å². The number of hydrogen-bond donors (Lipinski definition) is 1. The molecule has 1 aliphatic heterocycles. The Morgan fingerprint density at radius 3 is 2.47 bits per heavy atom. The molecule has 34 heavy (non-hydrogen) atoms. The SMILES string of the molecule is O=c1c2cc(-c3ccc4nc(-c5ccncc5)[nH]c4c3)ccc2ncn1CCN1CCOCC1. The summed E-state index contributed by atoms with van der Waals surface area (Å²) in [6.07, 6.45) is 5.16. The van der Waals surface area contributed by atoms with Gasteiger partial charge in [-0.2, -0.15) is 0 Å². The van der Waals surface area contributed by atoms with Crippen molar-refractivity contribution >= 4 is 21.9 Å². The van der Waals surface area contributed by atoms with Crippen molar-refractivity contribution in [2.75, 3.05) is 32.8 Å². The first-order chi connectivity index (χ1) is 16.7. The van der Waals surface area contributed by atoms with E-state index in [0.717, 1.165) is 66.4 Å². The van der Waals surface area contributed by atoms with Gasteiger partial charge in [-0.25, -0.2) is 9.97 Å². The zero-order valence-electron chi connectivity index (χ0n) is 18.6. The number of nitrogens with zero attached hydrogens (tertiary/aromatic N) is 5. The minimum absolute atomic E-state index is 0.0114. The molecule has 0 amide bonds. The fraction of sp³-hybridized carbons (Fsp3) is 0.231. The van der Waals surface area contributed by atoms with Crippen LogP contribution in [0.25, 0.3) is 44.5 Å². The van der Waals surface area contributed by atoms with Crippen LogP contribution >= 0.6 is 0 Å². The molecule has 1 N–H and O–H groups in total. The van der Waals surface area contributed by atoms with Gasteiger partial charge in [-0.1, -0.05) is 12.1 Å². The second-order valence-electron chi connectivity index (χ2n) is 8.48. The fourth-order valence-corrected chi connectivity index (χ4v) is 4.41. The van der Waals surface area contributed by atoms with Crippen LogP contribution in [0, 0.1) is 0 Å². The maximum absolute atomic E-state index is 13.2. The highest BCUT2D eigenvalue weighted by atomic mass is 16.5. The average molecular weight is 453 g/mol. The summed E-state index contributed by atoms with van der Waals surface area (Å²) >= 11 is 0. The third-order valence-electron chi connectivity index (χ3n) is 6.35. The van der Waals surface area contributed by atoms with Crippen LogP contribution < -0.4 is 5.56 Å². The van der Waals surface area contributed by atoms with Crippen molar-refractivity contribution in [3.05, 3.63) is 77.6 Å². The Labute approximate surface area is 195 Å². The highest BCUT2D eigenvalue weighted by Gasteiger charge is 2.12. The molecule has 170 valence electrons. The van der Waals surface area contributed by atoms with Crippen LogP contribution in [0.1, 0.15) is 0 Å². The molecule has 0 unspecified atom stereocenters. The first kappa shape index (κ1) is 20.7. The first-order valence-corrected chi connectivity index (χ1v) is 11.4. The second-order valence-corrected chi connectivity index (χ2v) is 8.48. The number of pyridine rings is 1. The van der Waals surface area contributed by atoms with Crippen LogP contribution in [0.4, 0.5) is 0 Å². The number of morpholine rings is 1. The minimum atomic E-state index is -0.0114. The monoisotopic (exact) mass is 452 g/mol. The standard InChI is InChI=1S/C26H24N6O2/c33-26-21-15-19(1-3-22(21)28-17-32(26)10-9-31-11-13-34-14-12-31)20-2-4-23-24(16-20)30-25(29-23)18-5-7-27-8-6-18/h1-8,15-17H,9-14H2,(H,29,30). The summed E-state index contributed by atoms with van der Waals surface area (Å²) in [7, 11) is 0. The summed E-state index contributed by atoms with van der Waals surface area (Å²) in [5.74, 6) is 0.806. The summed E-state index contributed by atoms with van der Waals surface area (Å²) in [6, 6.07) is 15.8. The summed E-state index contributed by atoms with van der Waals surface area (Å²) < 4.78 is 7.12. The molecule has 0 radical (unpaired) electrons. The lowest BCUT2D eigenvalue weighted by Crippen LogP contribution is -2.39. The molecule has 1 saturated heterocycles. The maximum atomic E-state index is 13.2. The van der Waals surface area contributed by atoms with E-state index in [1.54, 1.807) is 23.3 Å². The van der Waals surface area contributed by atoms with Crippen molar-refractivity contribution in [3.8, 4) is 22.5 Å². The zero-order chi connectivity index (χ0) is 22.9. The van der Waals surface area contributed by atoms with E-state index >= 15 is 0 Å². The summed E-state index contributed by atoms with van der Waals surface area (Å²) in [5, 5.41) is 0.629. The van der Waals surface area contributed by atoms with E-state index in [0.29, 0.717) is 17.4 Å². The maximum Gasteiger partial charge on any atom is 0.261 e. The van der Waals surface area contributed by atoms with Gasteiger partial charge in [0.1, 0.15) is 5.82 Å². The van der Waals surface area contributed by atoms with Crippen LogP contribution in [0.2, 0.25) is 0 Å². The van der Waals surface area contributed by atoms with Crippen molar-refractivity contribution in [1.82, 2.24) is 29.4 Å². The van der Waals surface area contributed by atoms with Gasteiger partial charge in [-0.05, 0) is 47.5 Å². The number of aromatic amines is 1. The third kappa shape index (κ3) is 3.98. The van der Waals surface area contributed by atoms with Crippen LogP contribution in [0.15, 0.2) is 72.0 Å². The van der Waals surface area contributed by atoms with Gasteiger partial charge in [0.2, 0.25) is 0 Å². The number of fused-ring (bicyclic) bond motifs is 2. The molecule has 0 aliphatic carbocycles. The fourth-order valence-electron chi connectivity index (χ4n) is 4.41. The van der Waals surface area contributed by atoms with Gasteiger partial charge in [-0.15, -0.1) is 0 Å². The number of aromatic nitrogens is 5. The van der Waals surface area contributed by atoms with E-state index in [1.165, 1.54) is 0 Å². The molecule has 0 bridgehead atoms. The Kier molecular flexibility index (Phi) is 5.37. The Morgan fingerprint density at radius 1 is 0.882 bits per heavy atom. The topological polar surface area (TPSA) is 88.9 Å². The Morgan fingerprint density at radius 2 is 1.65 bits per heavy atom. The van der Waals surface area contributed by atoms with Gasteiger partial charge in [0.25, 0.3) is 5.56 Å². The predicted molar refractivity (Wildman–Crippen MR) is 132 cm³/mol. The van der Waals surface area contributed by atoms with E-state index in [2.05, 4.69) is 25.9 Å². The van der Waals surface area contributed by atoms with Gasteiger partial charge < -0.3 is 9.72 Å². The number of rotatable bonds is 5. The summed E-state index contributed by atoms with van der Waals surface area (Å²) in [6.45, 7) is 4.73. The molecule has 3 aromatic heterocycles. The van der Waals surface area contributed by atoms with Gasteiger partial charge in [-0.3, -0.25) is 19.2 Å². The molecular formula is C26H24N6O2. The average Bonchev–Trinajstić information content (AvgIpc) is 3.33.